The molecule has 3 aromatic carbocycles. The van der Waals surface area contributed by atoms with E-state index in [1.807, 2.05) is 18.2 Å². The van der Waals surface area contributed by atoms with Crippen LogP contribution in [0, 0.1) is 6.92 Å². The molecule has 0 atom stereocenters. The lowest BCUT2D eigenvalue weighted by atomic mass is 10.1. The molecule has 0 aliphatic heterocycles. The predicted octanol–water partition coefficient (Wildman–Crippen LogP) is 5.53. The zero-order valence-corrected chi connectivity index (χ0v) is 15.9. The van der Waals surface area contributed by atoms with E-state index in [1.54, 1.807) is 0 Å². The number of hydrogen-bond donors (Lipinski definition) is 0. The Balaban J connectivity index is 1.61. The van der Waals surface area contributed by atoms with Gasteiger partial charge in [-0.15, -0.1) is 0 Å². The van der Waals surface area contributed by atoms with Crippen LogP contribution in [-0.4, -0.2) is 9.55 Å². The van der Waals surface area contributed by atoms with E-state index < -0.39 is 0 Å². The highest BCUT2D eigenvalue weighted by Gasteiger charge is 2.11. The molecule has 0 aliphatic carbocycles. The lowest BCUT2D eigenvalue weighted by Gasteiger charge is -2.11. The fraction of sp³-hybridized carbons (Fsp3) is 0.208. The van der Waals surface area contributed by atoms with Crippen molar-refractivity contribution in [2.75, 3.05) is 0 Å². The summed E-state index contributed by atoms with van der Waals surface area (Å²) in [5.41, 5.74) is 5.99. The third-order valence-electron chi connectivity index (χ3n) is 4.89. The van der Waals surface area contributed by atoms with E-state index in [-0.39, 0.29) is 0 Å². The summed E-state index contributed by atoms with van der Waals surface area (Å²) >= 11 is 0. The largest absolute Gasteiger partial charge is 0.486 e. The van der Waals surface area contributed by atoms with Crippen molar-refractivity contribution in [3.8, 4) is 5.75 Å². The van der Waals surface area contributed by atoms with Gasteiger partial charge in [0.05, 0.1) is 11.0 Å². The van der Waals surface area contributed by atoms with Crippen LogP contribution >= 0.6 is 0 Å². The quantitative estimate of drug-likeness (QED) is 0.454. The van der Waals surface area contributed by atoms with Gasteiger partial charge in [-0.2, -0.15) is 0 Å². The first-order valence-electron chi connectivity index (χ1n) is 9.44. The Kier molecular flexibility index (Phi) is 4.93. The summed E-state index contributed by atoms with van der Waals surface area (Å²) in [6, 6.07) is 25.2. The van der Waals surface area contributed by atoms with E-state index in [2.05, 4.69) is 73.0 Å². The molecule has 1 heterocycles. The number of rotatable bonds is 6. The van der Waals surface area contributed by atoms with Crippen molar-refractivity contribution in [2.45, 2.75) is 33.4 Å². The third-order valence-corrected chi connectivity index (χ3v) is 4.89. The molecule has 0 saturated heterocycles. The predicted molar refractivity (Wildman–Crippen MR) is 110 cm³/mol. The number of imidazole rings is 1. The highest BCUT2D eigenvalue weighted by atomic mass is 16.5. The smallest absolute Gasteiger partial charge is 0.148 e. The molecule has 136 valence electrons. The molecule has 27 heavy (non-hydrogen) atoms. The van der Waals surface area contributed by atoms with Crippen molar-refractivity contribution in [1.29, 1.82) is 0 Å². The molecule has 4 rings (SSSR count). The molecule has 0 saturated carbocycles. The molecular weight excluding hydrogens is 332 g/mol. The molecule has 0 radical (unpaired) electrons. The Morgan fingerprint density at radius 2 is 1.56 bits per heavy atom. The molecule has 3 heteroatoms. The van der Waals surface area contributed by atoms with Crippen LogP contribution in [0.4, 0.5) is 0 Å². The SMILES string of the molecule is CCc1ccc(OCc2nc3ccccc3n2Cc2ccc(C)cc2)cc1. The molecule has 0 aliphatic rings. The first kappa shape index (κ1) is 17.3. The van der Waals surface area contributed by atoms with Crippen molar-refractivity contribution >= 4 is 11.0 Å². The van der Waals surface area contributed by atoms with E-state index in [0.29, 0.717) is 6.61 Å². The summed E-state index contributed by atoms with van der Waals surface area (Å²) in [5, 5.41) is 0. The van der Waals surface area contributed by atoms with Gasteiger partial charge in [0.1, 0.15) is 18.2 Å². The number of ether oxygens (including phenoxy) is 1. The number of hydrogen-bond acceptors (Lipinski definition) is 2. The normalized spacial score (nSPS) is 11.0. The van der Waals surface area contributed by atoms with Crippen LogP contribution in [0.5, 0.6) is 5.75 Å². The lowest BCUT2D eigenvalue weighted by molar-refractivity contribution is 0.291. The molecular formula is C24H24N2O. The van der Waals surface area contributed by atoms with Crippen molar-refractivity contribution < 1.29 is 4.74 Å². The summed E-state index contributed by atoms with van der Waals surface area (Å²) in [5.74, 6) is 1.82. The van der Waals surface area contributed by atoms with E-state index in [4.69, 9.17) is 9.72 Å². The third kappa shape index (κ3) is 3.87. The molecule has 4 aromatic rings. The van der Waals surface area contributed by atoms with Crippen molar-refractivity contribution in [3.63, 3.8) is 0 Å². The molecule has 0 N–H and O–H groups in total. The molecule has 0 bridgehead atoms. The molecule has 1 aromatic heterocycles. The van der Waals surface area contributed by atoms with Crippen molar-refractivity contribution in [1.82, 2.24) is 9.55 Å². The maximum Gasteiger partial charge on any atom is 0.148 e. The second-order valence-corrected chi connectivity index (χ2v) is 6.87. The second kappa shape index (κ2) is 7.67. The first-order valence-corrected chi connectivity index (χ1v) is 9.44. The zero-order valence-electron chi connectivity index (χ0n) is 15.9. The fourth-order valence-corrected chi connectivity index (χ4v) is 3.26. The molecule has 0 fully saturated rings. The van der Waals surface area contributed by atoms with Crippen LogP contribution in [0.2, 0.25) is 0 Å². The van der Waals surface area contributed by atoms with Gasteiger partial charge in [-0.1, -0.05) is 61.0 Å². The molecule has 3 nitrogen and oxygen atoms in total. The van der Waals surface area contributed by atoms with Gasteiger partial charge in [0, 0.05) is 6.54 Å². The highest BCUT2D eigenvalue weighted by Crippen LogP contribution is 2.20. The summed E-state index contributed by atoms with van der Waals surface area (Å²) in [4.78, 5) is 4.81. The van der Waals surface area contributed by atoms with Gasteiger partial charge in [-0.05, 0) is 48.7 Å². The second-order valence-electron chi connectivity index (χ2n) is 6.87. The van der Waals surface area contributed by atoms with Crippen molar-refractivity contribution in [3.05, 3.63) is 95.3 Å². The minimum atomic E-state index is 0.450. The van der Waals surface area contributed by atoms with Crippen LogP contribution in [0.25, 0.3) is 11.0 Å². The number of fused-ring (bicyclic) bond motifs is 1. The van der Waals surface area contributed by atoms with Gasteiger partial charge in [-0.25, -0.2) is 4.98 Å². The van der Waals surface area contributed by atoms with Gasteiger partial charge < -0.3 is 9.30 Å². The van der Waals surface area contributed by atoms with E-state index in [9.17, 15) is 0 Å². The van der Waals surface area contributed by atoms with Crippen molar-refractivity contribution in [2.24, 2.45) is 0 Å². The Morgan fingerprint density at radius 3 is 2.30 bits per heavy atom. The summed E-state index contributed by atoms with van der Waals surface area (Å²) in [6.07, 6.45) is 1.03. The van der Waals surface area contributed by atoms with Gasteiger partial charge in [0.25, 0.3) is 0 Å². The number of aromatic nitrogens is 2. The molecule has 0 amide bonds. The molecule has 0 spiro atoms. The Hall–Kier alpha value is -3.07. The summed E-state index contributed by atoms with van der Waals surface area (Å²) in [7, 11) is 0. The van der Waals surface area contributed by atoms with E-state index in [0.717, 1.165) is 35.6 Å². The summed E-state index contributed by atoms with van der Waals surface area (Å²) in [6.45, 7) is 5.50. The maximum absolute atomic E-state index is 6.04. The lowest BCUT2D eigenvalue weighted by Crippen LogP contribution is -2.08. The van der Waals surface area contributed by atoms with Gasteiger partial charge >= 0.3 is 0 Å². The average molecular weight is 356 g/mol. The maximum atomic E-state index is 6.04. The van der Waals surface area contributed by atoms with Crippen LogP contribution in [0.15, 0.2) is 72.8 Å². The van der Waals surface area contributed by atoms with Gasteiger partial charge in [-0.3, -0.25) is 0 Å². The van der Waals surface area contributed by atoms with Crippen LogP contribution in [0.3, 0.4) is 0 Å². The van der Waals surface area contributed by atoms with Crippen LogP contribution in [0.1, 0.15) is 29.4 Å². The van der Waals surface area contributed by atoms with Gasteiger partial charge in [0.15, 0.2) is 0 Å². The average Bonchev–Trinajstić information content (AvgIpc) is 3.06. The van der Waals surface area contributed by atoms with E-state index in [1.165, 1.54) is 16.7 Å². The first-order chi connectivity index (χ1) is 13.2. The monoisotopic (exact) mass is 356 g/mol. The van der Waals surface area contributed by atoms with Crippen LogP contribution < -0.4 is 4.74 Å². The Bertz CT molecular complexity index is 1030. The Labute approximate surface area is 160 Å². The van der Waals surface area contributed by atoms with Crippen LogP contribution in [-0.2, 0) is 19.6 Å². The Morgan fingerprint density at radius 1 is 0.852 bits per heavy atom. The minimum Gasteiger partial charge on any atom is -0.486 e. The number of aryl methyl sites for hydroxylation is 2. The number of nitrogens with zero attached hydrogens (tertiary/aromatic N) is 2. The van der Waals surface area contributed by atoms with E-state index >= 15 is 0 Å². The number of benzene rings is 3. The number of para-hydroxylation sites is 2. The molecule has 0 unspecified atom stereocenters. The highest BCUT2D eigenvalue weighted by molar-refractivity contribution is 5.76. The summed E-state index contributed by atoms with van der Waals surface area (Å²) < 4.78 is 8.29. The fourth-order valence-electron chi connectivity index (χ4n) is 3.26. The zero-order chi connectivity index (χ0) is 18.6. The van der Waals surface area contributed by atoms with Gasteiger partial charge in [0.2, 0.25) is 0 Å². The topological polar surface area (TPSA) is 27.1 Å². The minimum absolute atomic E-state index is 0.450. The standard InChI is InChI=1S/C24H24N2O/c1-3-19-12-14-21(15-13-19)27-17-24-25-22-6-4-5-7-23(22)26(24)16-20-10-8-18(2)9-11-20/h4-15H,3,16-17H2,1-2H3.